The van der Waals surface area contributed by atoms with Gasteiger partial charge in [0.2, 0.25) is 0 Å². The lowest BCUT2D eigenvalue weighted by Crippen LogP contribution is -2.47. The molecule has 2 aliphatic rings. The van der Waals surface area contributed by atoms with E-state index in [0.717, 1.165) is 31.6 Å². The Bertz CT molecular complexity index is 773. The fourth-order valence-electron chi connectivity index (χ4n) is 3.42. The molecule has 0 saturated carbocycles. The van der Waals surface area contributed by atoms with Crippen molar-refractivity contribution in [2.45, 2.75) is 18.9 Å². The first-order chi connectivity index (χ1) is 12.2. The predicted octanol–water partition coefficient (Wildman–Crippen LogP) is 1.59. The van der Waals surface area contributed by atoms with E-state index < -0.39 is 0 Å². The average molecular weight is 342 g/mol. The van der Waals surface area contributed by atoms with Gasteiger partial charge in [0.25, 0.3) is 5.91 Å². The Hall–Kier alpha value is -2.70. The minimum atomic E-state index is -0.111. The highest BCUT2D eigenvalue weighted by atomic mass is 16.6. The van der Waals surface area contributed by atoms with Crippen LogP contribution in [-0.4, -0.2) is 48.0 Å². The minimum absolute atomic E-state index is 0.0989. The SMILES string of the molecule is Cn1cc(N2CCC[C@H](NC(=O)c3cccc4c3OCCO4)C2)cn1. The van der Waals surface area contributed by atoms with Crippen molar-refractivity contribution in [2.24, 2.45) is 7.05 Å². The maximum atomic E-state index is 12.8. The summed E-state index contributed by atoms with van der Waals surface area (Å²) in [5.41, 5.74) is 1.63. The van der Waals surface area contributed by atoms with Crippen molar-refractivity contribution in [2.75, 3.05) is 31.2 Å². The van der Waals surface area contributed by atoms with E-state index in [2.05, 4.69) is 15.3 Å². The number of nitrogens with zero attached hydrogens (tertiary/aromatic N) is 3. The molecule has 0 unspecified atom stereocenters. The van der Waals surface area contributed by atoms with Gasteiger partial charge in [0, 0.05) is 32.4 Å². The Labute approximate surface area is 146 Å². The van der Waals surface area contributed by atoms with E-state index >= 15 is 0 Å². The van der Waals surface area contributed by atoms with Crippen LogP contribution in [0.2, 0.25) is 0 Å². The van der Waals surface area contributed by atoms with E-state index in [9.17, 15) is 4.79 Å². The first-order valence-electron chi connectivity index (χ1n) is 8.64. The van der Waals surface area contributed by atoms with E-state index in [-0.39, 0.29) is 11.9 Å². The first-order valence-corrected chi connectivity index (χ1v) is 8.64. The zero-order valence-electron chi connectivity index (χ0n) is 14.3. The van der Waals surface area contributed by atoms with Gasteiger partial charge in [0.1, 0.15) is 13.2 Å². The van der Waals surface area contributed by atoms with E-state index in [0.29, 0.717) is 30.3 Å². The van der Waals surface area contributed by atoms with Gasteiger partial charge in [-0.05, 0) is 25.0 Å². The number of hydrogen-bond donors (Lipinski definition) is 1. The molecular weight excluding hydrogens is 320 g/mol. The standard InChI is InChI=1S/C18H22N4O3/c1-21-12-14(10-19-21)22-7-3-4-13(11-22)20-18(23)15-5-2-6-16-17(15)25-9-8-24-16/h2,5-6,10,12-13H,3-4,7-9,11H2,1H3,(H,20,23)/t13-/m0/s1. The number of fused-ring (bicyclic) bond motifs is 1. The molecule has 25 heavy (non-hydrogen) atoms. The van der Waals surface area contributed by atoms with Crippen molar-refractivity contribution in [1.82, 2.24) is 15.1 Å². The lowest BCUT2D eigenvalue weighted by molar-refractivity contribution is 0.0922. The zero-order chi connectivity index (χ0) is 17.2. The van der Waals surface area contributed by atoms with Crippen LogP contribution in [-0.2, 0) is 7.05 Å². The minimum Gasteiger partial charge on any atom is -0.486 e. The highest BCUT2D eigenvalue weighted by Gasteiger charge is 2.25. The Morgan fingerprint density at radius 3 is 3.04 bits per heavy atom. The molecule has 0 bridgehead atoms. The molecule has 1 atom stereocenters. The fraction of sp³-hybridized carbons (Fsp3) is 0.444. The summed E-state index contributed by atoms with van der Waals surface area (Å²) in [6.07, 6.45) is 5.87. The zero-order valence-corrected chi connectivity index (χ0v) is 14.3. The maximum Gasteiger partial charge on any atom is 0.255 e. The Balaban J connectivity index is 1.46. The van der Waals surface area contributed by atoms with Gasteiger partial charge in [-0.1, -0.05) is 6.07 Å². The summed E-state index contributed by atoms with van der Waals surface area (Å²) in [6, 6.07) is 5.54. The molecule has 1 saturated heterocycles. The Morgan fingerprint density at radius 2 is 2.20 bits per heavy atom. The lowest BCUT2D eigenvalue weighted by Gasteiger charge is -2.34. The molecule has 3 heterocycles. The van der Waals surface area contributed by atoms with Crippen molar-refractivity contribution < 1.29 is 14.3 Å². The molecular formula is C18H22N4O3. The van der Waals surface area contributed by atoms with E-state index in [1.807, 2.05) is 31.6 Å². The van der Waals surface area contributed by atoms with Crippen molar-refractivity contribution in [3.8, 4) is 11.5 Å². The van der Waals surface area contributed by atoms with Gasteiger partial charge < -0.3 is 19.7 Å². The molecule has 2 aromatic rings. The van der Waals surface area contributed by atoms with Gasteiger partial charge in [0.05, 0.1) is 17.4 Å². The summed E-state index contributed by atoms with van der Waals surface area (Å²) in [4.78, 5) is 15.0. The monoisotopic (exact) mass is 342 g/mol. The molecule has 132 valence electrons. The molecule has 1 aromatic carbocycles. The third kappa shape index (κ3) is 3.26. The number of para-hydroxylation sites is 1. The molecule has 2 aliphatic heterocycles. The summed E-state index contributed by atoms with van der Waals surface area (Å²) in [6.45, 7) is 2.75. The summed E-state index contributed by atoms with van der Waals surface area (Å²) in [7, 11) is 1.91. The molecule has 1 amide bonds. The molecule has 1 fully saturated rings. The van der Waals surface area contributed by atoms with Gasteiger partial charge in [-0.2, -0.15) is 5.10 Å². The predicted molar refractivity (Wildman–Crippen MR) is 93.3 cm³/mol. The third-order valence-corrected chi connectivity index (χ3v) is 4.62. The topological polar surface area (TPSA) is 68.6 Å². The highest BCUT2D eigenvalue weighted by Crippen LogP contribution is 2.33. The normalized spacial score (nSPS) is 19.6. The van der Waals surface area contributed by atoms with Crippen molar-refractivity contribution >= 4 is 11.6 Å². The number of nitrogens with one attached hydrogen (secondary N) is 1. The number of ether oxygens (including phenoxy) is 2. The fourth-order valence-corrected chi connectivity index (χ4v) is 3.42. The number of aryl methyl sites for hydroxylation is 1. The largest absolute Gasteiger partial charge is 0.486 e. The van der Waals surface area contributed by atoms with Crippen LogP contribution in [0.15, 0.2) is 30.6 Å². The number of amides is 1. The second kappa shape index (κ2) is 6.66. The van der Waals surface area contributed by atoms with Crippen LogP contribution in [0.4, 0.5) is 5.69 Å². The number of carbonyl (C=O) groups is 1. The van der Waals surface area contributed by atoms with Crippen LogP contribution in [0, 0.1) is 0 Å². The van der Waals surface area contributed by atoms with Crippen LogP contribution in [0.1, 0.15) is 23.2 Å². The van der Waals surface area contributed by atoms with Crippen LogP contribution < -0.4 is 19.7 Å². The smallest absolute Gasteiger partial charge is 0.255 e. The number of hydrogen-bond acceptors (Lipinski definition) is 5. The number of piperidine rings is 1. The van der Waals surface area contributed by atoms with Crippen LogP contribution in [0.25, 0.3) is 0 Å². The van der Waals surface area contributed by atoms with Gasteiger partial charge >= 0.3 is 0 Å². The number of benzene rings is 1. The number of carbonyl (C=O) groups excluding carboxylic acids is 1. The van der Waals surface area contributed by atoms with Gasteiger partial charge in [-0.25, -0.2) is 0 Å². The first kappa shape index (κ1) is 15.8. The van der Waals surface area contributed by atoms with Gasteiger partial charge in [-0.15, -0.1) is 0 Å². The Kier molecular flexibility index (Phi) is 4.21. The third-order valence-electron chi connectivity index (χ3n) is 4.62. The highest BCUT2D eigenvalue weighted by molar-refractivity contribution is 5.98. The lowest BCUT2D eigenvalue weighted by atomic mass is 10.0. The molecule has 7 heteroatoms. The quantitative estimate of drug-likeness (QED) is 0.917. The van der Waals surface area contributed by atoms with Crippen molar-refractivity contribution in [3.05, 3.63) is 36.2 Å². The molecule has 7 nitrogen and oxygen atoms in total. The van der Waals surface area contributed by atoms with Crippen LogP contribution in [0.3, 0.4) is 0 Å². The summed E-state index contributed by atoms with van der Waals surface area (Å²) in [5, 5.41) is 7.38. The number of aromatic nitrogens is 2. The van der Waals surface area contributed by atoms with Crippen LogP contribution >= 0.6 is 0 Å². The molecule has 4 rings (SSSR count). The second-order valence-electron chi connectivity index (χ2n) is 6.46. The van der Waals surface area contributed by atoms with Gasteiger partial charge in [-0.3, -0.25) is 9.48 Å². The summed E-state index contributed by atoms with van der Waals surface area (Å²) >= 11 is 0. The molecule has 1 N–H and O–H groups in total. The van der Waals surface area contributed by atoms with E-state index in [4.69, 9.17) is 9.47 Å². The molecule has 0 spiro atoms. The van der Waals surface area contributed by atoms with Crippen LogP contribution in [0.5, 0.6) is 11.5 Å². The Morgan fingerprint density at radius 1 is 1.32 bits per heavy atom. The van der Waals surface area contributed by atoms with E-state index in [1.54, 1.807) is 10.7 Å². The number of rotatable bonds is 3. The molecule has 1 aromatic heterocycles. The van der Waals surface area contributed by atoms with E-state index in [1.165, 1.54) is 0 Å². The van der Waals surface area contributed by atoms with Gasteiger partial charge in [0.15, 0.2) is 11.5 Å². The van der Waals surface area contributed by atoms with Crippen molar-refractivity contribution in [3.63, 3.8) is 0 Å². The average Bonchev–Trinajstić information content (AvgIpc) is 3.08. The maximum absolute atomic E-state index is 12.8. The second-order valence-corrected chi connectivity index (χ2v) is 6.46. The van der Waals surface area contributed by atoms with Crippen molar-refractivity contribution in [1.29, 1.82) is 0 Å². The summed E-state index contributed by atoms with van der Waals surface area (Å²) < 4.78 is 13.0. The number of anilines is 1. The molecule has 0 radical (unpaired) electrons. The summed E-state index contributed by atoms with van der Waals surface area (Å²) in [5.74, 6) is 1.08. The molecule has 0 aliphatic carbocycles.